The molecule has 15 heavy (non-hydrogen) atoms. The molecule has 0 unspecified atom stereocenters. The first-order valence-corrected chi connectivity index (χ1v) is 6.46. The van der Waals surface area contributed by atoms with E-state index in [1.807, 2.05) is 0 Å². The Morgan fingerprint density at radius 1 is 1.27 bits per heavy atom. The van der Waals surface area contributed by atoms with Gasteiger partial charge in [0.15, 0.2) is 0 Å². The minimum atomic E-state index is 0.855. The Balaban J connectivity index is 1.50. The van der Waals surface area contributed by atoms with Crippen LogP contribution >= 0.6 is 0 Å². The summed E-state index contributed by atoms with van der Waals surface area (Å²) in [7, 11) is 0. The summed E-state index contributed by atoms with van der Waals surface area (Å²) in [5.41, 5.74) is 3.22. The molecule has 0 spiro atoms. The molecule has 84 valence electrons. The molecule has 1 saturated heterocycles. The van der Waals surface area contributed by atoms with Gasteiger partial charge in [-0.3, -0.25) is 0 Å². The standard InChI is InChI=1S/C13H22N2/c1-9(12-7-14-8-12)6-15-13(10-2-3-10)11-4-5-11/h10-11,13-15H,2-8H2,1H3. The summed E-state index contributed by atoms with van der Waals surface area (Å²) in [5, 5.41) is 7.12. The number of hydrogen-bond acceptors (Lipinski definition) is 2. The molecule has 2 saturated carbocycles. The van der Waals surface area contributed by atoms with E-state index in [4.69, 9.17) is 0 Å². The SMILES string of the molecule is CC(CNC(C1CC1)C1CC1)=C1CNC1. The van der Waals surface area contributed by atoms with Crippen LogP contribution in [-0.4, -0.2) is 25.7 Å². The van der Waals surface area contributed by atoms with E-state index in [1.165, 1.54) is 25.7 Å². The lowest BCUT2D eigenvalue weighted by atomic mass is 10.0. The van der Waals surface area contributed by atoms with Gasteiger partial charge in [0.25, 0.3) is 0 Å². The van der Waals surface area contributed by atoms with Gasteiger partial charge in [0.05, 0.1) is 0 Å². The average Bonchev–Trinajstić information content (AvgIpc) is 2.97. The Morgan fingerprint density at radius 3 is 2.27 bits per heavy atom. The normalized spacial score (nSPS) is 25.6. The second-order valence-corrected chi connectivity index (χ2v) is 5.57. The Kier molecular flexibility index (Phi) is 2.57. The van der Waals surface area contributed by atoms with Crippen LogP contribution in [0.15, 0.2) is 11.1 Å². The molecular weight excluding hydrogens is 184 g/mol. The predicted octanol–water partition coefficient (Wildman–Crippen LogP) is 1.68. The summed E-state index contributed by atoms with van der Waals surface area (Å²) in [4.78, 5) is 0. The van der Waals surface area contributed by atoms with E-state index < -0.39 is 0 Å². The fourth-order valence-electron chi connectivity index (χ4n) is 2.58. The fraction of sp³-hybridized carbons (Fsp3) is 0.846. The van der Waals surface area contributed by atoms with E-state index >= 15 is 0 Å². The molecule has 3 rings (SSSR count). The van der Waals surface area contributed by atoms with Crippen LogP contribution in [0.5, 0.6) is 0 Å². The highest BCUT2D eigenvalue weighted by Crippen LogP contribution is 2.44. The van der Waals surface area contributed by atoms with Gasteiger partial charge >= 0.3 is 0 Å². The van der Waals surface area contributed by atoms with Crippen LogP contribution in [0.2, 0.25) is 0 Å². The minimum absolute atomic E-state index is 0.855. The first-order valence-electron chi connectivity index (χ1n) is 6.46. The average molecular weight is 206 g/mol. The summed E-state index contributed by atoms with van der Waals surface area (Å²) in [6, 6.07) is 0.855. The van der Waals surface area contributed by atoms with Crippen LogP contribution in [0.1, 0.15) is 32.6 Å². The van der Waals surface area contributed by atoms with Crippen molar-refractivity contribution in [3.8, 4) is 0 Å². The molecule has 3 aliphatic rings. The zero-order valence-corrected chi connectivity index (χ0v) is 9.68. The Morgan fingerprint density at radius 2 is 1.87 bits per heavy atom. The van der Waals surface area contributed by atoms with Gasteiger partial charge in [-0.1, -0.05) is 5.57 Å². The maximum Gasteiger partial charge on any atom is 0.0183 e. The zero-order chi connectivity index (χ0) is 10.3. The van der Waals surface area contributed by atoms with Gasteiger partial charge in [0.2, 0.25) is 0 Å². The van der Waals surface area contributed by atoms with Crippen molar-refractivity contribution in [2.75, 3.05) is 19.6 Å². The van der Waals surface area contributed by atoms with Crippen molar-refractivity contribution in [1.29, 1.82) is 0 Å². The Hall–Kier alpha value is -0.340. The third-order valence-electron chi connectivity index (χ3n) is 4.14. The molecule has 2 aliphatic carbocycles. The second kappa shape index (κ2) is 3.91. The lowest BCUT2D eigenvalue weighted by molar-refractivity contribution is 0.430. The van der Waals surface area contributed by atoms with Gasteiger partial charge in [-0.15, -0.1) is 0 Å². The van der Waals surface area contributed by atoms with E-state index in [9.17, 15) is 0 Å². The molecule has 1 aliphatic heterocycles. The number of nitrogens with one attached hydrogen (secondary N) is 2. The van der Waals surface area contributed by atoms with Gasteiger partial charge in [-0.05, 0) is 50.0 Å². The Bertz CT molecular complexity index is 256. The van der Waals surface area contributed by atoms with Crippen molar-refractivity contribution in [3.63, 3.8) is 0 Å². The monoisotopic (exact) mass is 206 g/mol. The molecule has 2 N–H and O–H groups in total. The van der Waals surface area contributed by atoms with Crippen molar-refractivity contribution in [3.05, 3.63) is 11.1 Å². The lowest BCUT2D eigenvalue weighted by Crippen LogP contribution is -2.38. The fourth-order valence-corrected chi connectivity index (χ4v) is 2.58. The largest absolute Gasteiger partial charge is 0.310 e. The maximum absolute atomic E-state index is 3.81. The molecule has 2 nitrogen and oxygen atoms in total. The maximum atomic E-state index is 3.81. The quantitative estimate of drug-likeness (QED) is 0.669. The van der Waals surface area contributed by atoms with Gasteiger partial charge < -0.3 is 10.6 Å². The number of rotatable bonds is 5. The summed E-state index contributed by atoms with van der Waals surface area (Å²) < 4.78 is 0. The van der Waals surface area contributed by atoms with Gasteiger partial charge in [-0.2, -0.15) is 0 Å². The molecule has 0 aromatic carbocycles. The van der Waals surface area contributed by atoms with Crippen molar-refractivity contribution in [2.24, 2.45) is 11.8 Å². The predicted molar refractivity (Wildman–Crippen MR) is 62.8 cm³/mol. The van der Waals surface area contributed by atoms with Crippen molar-refractivity contribution in [2.45, 2.75) is 38.6 Å². The second-order valence-electron chi connectivity index (χ2n) is 5.57. The van der Waals surface area contributed by atoms with Crippen LogP contribution in [-0.2, 0) is 0 Å². The summed E-state index contributed by atoms with van der Waals surface area (Å²) in [6.07, 6.45) is 5.91. The van der Waals surface area contributed by atoms with E-state index in [0.29, 0.717) is 0 Å². The van der Waals surface area contributed by atoms with Crippen LogP contribution in [0, 0.1) is 11.8 Å². The molecule has 1 heterocycles. The van der Waals surface area contributed by atoms with Crippen LogP contribution in [0.4, 0.5) is 0 Å². The smallest absolute Gasteiger partial charge is 0.0183 e. The molecule has 2 heteroatoms. The Labute approximate surface area is 92.5 Å². The molecular formula is C13H22N2. The van der Waals surface area contributed by atoms with Crippen molar-refractivity contribution in [1.82, 2.24) is 10.6 Å². The zero-order valence-electron chi connectivity index (χ0n) is 9.68. The van der Waals surface area contributed by atoms with Gasteiger partial charge in [-0.25, -0.2) is 0 Å². The molecule has 3 fully saturated rings. The van der Waals surface area contributed by atoms with E-state index in [0.717, 1.165) is 37.5 Å². The lowest BCUT2D eigenvalue weighted by Gasteiger charge is -2.24. The van der Waals surface area contributed by atoms with Crippen LogP contribution < -0.4 is 10.6 Å². The van der Waals surface area contributed by atoms with Crippen LogP contribution in [0.3, 0.4) is 0 Å². The summed E-state index contributed by atoms with van der Waals surface area (Å²) >= 11 is 0. The van der Waals surface area contributed by atoms with E-state index in [2.05, 4.69) is 17.6 Å². The molecule has 0 radical (unpaired) electrons. The third kappa shape index (κ3) is 2.26. The van der Waals surface area contributed by atoms with E-state index in [-0.39, 0.29) is 0 Å². The molecule has 0 bridgehead atoms. The van der Waals surface area contributed by atoms with E-state index in [1.54, 1.807) is 11.1 Å². The number of hydrogen-bond donors (Lipinski definition) is 2. The first kappa shape index (κ1) is 9.86. The van der Waals surface area contributed by atoms with Gasteiger partial charge in [0, 0.05) is 25.7 Å². The van der Waals surface area contributed by atoms with Crippen molar-refractivity contribution >= 4 is 0 Å². The highest BCUT2D eigenvalue weighted by atomic mass is 15.0. The highest BCUT2D eigenvalue weighted by Gasteiger charge is 2.40. The van der Waals surface area contributed by atoms with Crippen LogP contribution in [0.25, 0.3) is 0 Å². The highest BCUT2D eigenvalue weighted by molar-refractivity contribution is 5.22. The molecule has 0 aromatic rings. The molecule has 0 atom stereocenters. The summed E-state index contributed by atoms with van der Waals surface area (Å²) in [5.74, 6) is 2.05. The molecule has 0 aromatic heterocycles. The third-order valence-corrected chi connectivity index (χ3v) is 4.14. The summed E-state index contributed by atoms with van der Waals surface area (Å²) in [6.45, 7) is 5.69. The topological polar surface area (TPSA) is 24.1 Å². The minimum Gasteiger partial charge on any atom is -0.310 e. The molecule has 0 amide bonds. The first-order chi connectivity index (χ1) is 7.34. The van der Waals surface area contributed by atoms with Crippen molar-refractivity contribution < 1.29 is 0 Å². The van der Waals surface area contributed by atoms with Gasteiger partial charge in [0.1, 0.15) is 0 Å².